The predicted octanol–water partition coefficient (Wildman–Crippen LogP) is 4.52. The molecule has 0 unspecified atom stereocenters. The summed E-state index contributed by atoms with van der Waals surface area (Å²) in [5.41, 5.74) is 0.549. The van der Waals surface area contributed by atoms with Gasteiger partial charge in [-0.3, -0.25) is 4.79 Å². The monoisotopic (exact) mass is 451 g/mol. The van der Waals surface area contributed by atoms with Crippen molar-refractivity contribution in [3.8, 4) is 6.07 Å². The number of benzene rings is 2. The molecular formula is C24H20F3N5O. The summed E-state index contributed by atoms with van der Waals surface area (Å²) in [6, 6.07) is 12.1. The van der Waals surface area contributed by atoms with Gasteiger partial charge in [0.15, 0.2) is 0 Å². The average molecular weight is 451 g/mol. The third-order valence-electron chi connectivity index (χ3n) is 6.71. The first-order valence-corrected chi connectivity index (χ1v) is 10.5. The van der Waals surface area contributed by atoms with E-state index in [-0.39, 0.29) is 23.6 Å². The fourth-order valence-electron chi connectivity index (χ4n) is 5.12. The number of hydrogen-bond donors (Lipinski definition) is 0. The normalized spacial score (nSPS) is 22.1. The Bertz CT molecular complexity index is 1310. The molecule has 1 fully saturated rings. The lowest BCUT2D eigenvalue weighted by Crippen LogP contribution is -2.44. The molecule has 5 rings (SSSR count). The number of anilines is 1. The van der Waals surface area contributed by atoms with Crippen LogP contribution in [-0.2, 0) is 25.2 Å². The maximum absolute atomic E-state index is 13.6. The molecular weight excluding hydrogens is 431 g/mol. The molecule has 0 spiro atoms. The first-order chi connectivity index (χ1) is 15.6. The van der Waals surface area contributed by atoms with Crippen molar-refractivity contribution in [1.82, 2.24) is 14.8 Å². The summed E-state index contributed by atoms with van der Waals surface area (Å²) in [6.07, 6.45) is -1.82. The van der Waals surface area contributed by atoms with Crippen molar-refractivity contribution in [1.29, 1.82) is 5.26 Å². The van der Waals surface area contributed by atoms with E-state index in [2.05, 4.69) is 16.3 Å². The van der Waals surface area contributed by atoms with E-state index in [1.54, 1.807) is 25.4 Å². The largest absolute Gasteiger partial charge is 0.416 e. The molecule has 1 aromatic heterocycles. The lowest BCUT2D eigenvalue weighted by molar-refractivity contribution is -0.138. The fourth-order valence-corrected chi connectivity index (χ4v) is 5.12. The number of carbonyl (C=O) groups excluding carboxylic acids is 1. The van der Waals surface area contributed by atoms with Crippen LogP contribution >= 0.6 is 0 Å². The number of carbonyl (C=O) groups is 1. The highest BCUT2D eigenvalue weighted by Crippen LogP contribution is 2.52. The Kier molecular flexibility index (Phi) is 4.60. The minimum Gasteiger partial charge on any atom is -0.320 e. The Labute approximate surface area is 188 Å². The number of nitrogens with zero attached hydrogens (tertiary/aromatic N) is 5. The number of amides is 1. The number of halogens is 3. The van der Waals surface area contributed by atoms with Gasteiger partial charge in [0.05, 0.1) is 23.6 Å². The molecule has 0 saturated heterocycles. The van der Waals surface area contributed by atoms with Gasteiger partial charge in [0, 0.05) is 24.2 Å². The molecule has 0 bridgehead atoms. The summed E-state index contributed by atoms with van der Waals surface area (Å²) < 4.78 is 42.8. The zero-order valence-electron chi connectivity index (χ0n) is 18.0. The van der Waals surface area contributed by atoms with Gasteiger partial charge in [-0.15, -0.1) is 10.2 Å². The standard InChI is InChI=1S/C24H20F3N5O/c1-14-6-18-19(20(7-14)24(25,26)27)12-32(21(18)33)17-5-3-4-16(8-17)23(9-15(10-23)11-28)22-30-29-13-31(22)2/h3-8,13,15H,9-10,12H2,1-2H3. The molecule has 0 N–H and O–H groups in total. The van der Waals surface area contributed by atoms with E-state index in [0.717, 1.165) is 17.5 Å². The Morgan fingerprint density at radius 2 is 1.97 bits per heavy atom. The van der Waals surface area contributed by atoms with Crippen molar-refractivity contribution in [2.45, 2.75) is 37.9 Å². The summed E-state index contributed by atoms with van der Waals surface area (Å²) in [6.45, 7) is 1.41. The van der Waals surface area contributed by atoms with Crippen LogP contribution in [0.25, 0.3) is 0 Å². The maximum Gasteiger partial charge on any atom is 0.416 e. The van der Waals surface area contributed by atoms with Gasteiger partial charge >= 0.3 is 6.18 Å². The van der Waals surface area contributed by atoms with Crippen LogP contribution in [0.2, 0.25) is 0 Å². The van der Waals surface area contributed by atoms with Crippen molar-refractivity contribution in [3.63, 3.8) is 0 Å². The summed E-state index contributed by atoms with van der Waals surface area (Å²) in [5.74, 6) is 0.144. The third kappa shape index (κ3) is 3.20. The molecule has 1 aliphatic heterocycles. The quantitative estimate of drug-likeness (QED) is 0.587. The Morgan fingerprint density at radius 3 is 2.61 bits per heavy atom. The van der Waals surface area contributed by atoms with Gasteiger partial charge in [-0.2, -0.15) is 18.4 Å². The summed E-state index contributed by atoms with van der Waals surface area (Å²) in [5, 5.41) is 17.6. The second-order valence-corrected chi connectivity index (χ2v) is 8.86. The molecule has 168 valence electrons. The first kappa shape index (κ1) is 21.2. The van der Waals surface area contributed by atoms with Gasteiger partial charge in [0.2, 0.25) is 0 Å². The van der Waals surface area contributed by atoms with Crippen molar-refractivity contribution in [2.24, 2.45) is 13.0 Å². The van der Waals surface area contributed by atoms with Crippen LogP contribution in [0.5, 0.6) is 0 Å². The zero-order chi connectivity index (χ0) is 23.5. The molecule has 2 aromatic carbocycles. The van der Waals surface area contributed by atoms with E-state index >= 15 is 0 Å². The number of nitriles is 1. The summed E-state index contributed by atoms with van der Waals surface area (Å²) in [4.78, 5) is 14.5. The molecule has 2 aliphatic rings. The van der Waals surface area contributed by atoms with Crippen LogP contribution in [0.3, 0.4) is 0 Å². The Morgan fingerprint density at radius 1 is 1.21 bits per heavy atom. The van der Waals surface area contributed by atoms with Gasteiger partial charge in [0.25, 0.3) is 5.91 Å². The Hall–Kier alpha value is -3.67. The van der Waals surface area contributed by atoms with E-state index in [1.165, 1.54) is 11.0 Å². The third-order valence-corrected chi connectivity index (χ3v) is 6.71. The highest BCUT2D eigenvalue weighted by atomic mass is 19.4. The first-order valence-electron chi connectivity index (χ1n) is 10.5. The average Bonchev–Trinajstić information content (AvgIpc) is 3.31. The minimum atomic E-state index is -4.54. The van der Waals surface area contributed by atoms with Crippen molar-refractivity contribution in [3.05, 3.63) is 76.4 Å². The van der Waals surface area contributed by atoms with Crippen LogP contribution in [0.1, 0.15) is 51.3 Å². The highest BCUT2D eigenvalue weighted by Gasteiger charge is 2.50. The zero-order valence-corrected chi connectivity index (χ0v) is 18.0. The van der Waals surface area contributed by atoms with Crippen LogP contribution < -0.4 is 4.90 Å². The number of rotatable bonds is 3. The van der Waals surface area contributed by atoms with Crippen molar-refractivity contribution >= 4 is 11.6 Å². The number of aryl methyl sites for hydroxylation is 2. The second kappa shape index (κ2) is 7.17. The van der Waals surface area contributed by atoms with Crippen LogP contribution in [0, 0.1) is 24.2 Å². The molecule has 3 aromatic rings. The second-order valence-electron chi connectivity index (χ2n) is 8.86. The molecule has 0 atom stereocenters. The molecule has 2 heterocycles. The van der Waals surface area contributed by atoms with Gasteiger partial charge < -0.3 is 9.47 Å². The summed E-state index contributed by atoms with van der Waals surface area (Å²) in [7, 11) is 1.84. The van der Waals surface area contributed by atoms with Crippen molar-refractivity contribution in [2.75, 3.05) is 4.90 Å². The van der Waals surface area contributed by atoms with Gasteiger partial charge in [0.1, 0.15) is 12.2 Å². The fraction of sp³-hybridized carbons (Fsp3) is 0.333. The van der Waals surface area contributed by atoms with Crippen LogP contribution in [0.15, 0.2) is 42.7 Å². The number of alkyl halides is 3. The smallest absolute Gasteiger partial charge is 0.320 e. The molecule has 33 heavy (non-hydrogen) atoms. The Balaban J connectivity index is 1.56. The van der Waals surface area contributed by atoms with E-state index in [1.807, 2.05) is 23.7 Å². The van der Waals surface area contributed by atoms with E-state index in [4.69, 9.17) is 0 Å². The van der Waals surface area contributed by atoms with E-state index in [0.29, 0.717) is 24.1 Å². The molecule has 1 saturated carbocycles. The highest BCUT2D eigenvalue weighted by molar-refractivity contribution is 6.10. The molecule has 1 aliphatic carbocycles. The lowest BCUT2D eigenvalue weighted by atomic mass is 9.58. The van der Waals surface area contributed by atoms with E-state index < -0.39 is 23.1 Å². The molecule has 1 amide bonds. The van der Waals surface area contributed by atoms with Crippen molar-refractivity contribution < 1.29 is 18.0 Å². The minimum absolute atomic E-state index is 0.000272. The molecule has 9 heteroatoms. The number of aromatic nitrogens is 3. The predicted molar refractivity (Wildman–Crippen MR) is 113 cm³/mol. The van der Waals surface area contributed by atoms with Gasteiger partial charge in [-0.1, -0.05) is 12.1 Å². The molecule has 6 nitrogen and oxygen atoms in total. The summed E-state index contributed by atoms with van der Waals surface area (Å²) >= 11 is 0. The topological polar surface area (TPSA) is 74.8 Å². The van der Waals surface area contributed by atoms with Gasteiger partial charge in [-0.05, 0) is 60.7 Å². The maximum atomic E-state index is 13.6. The molecule has 0 radical (unpaired) electrons. The van der Waals surface area contributed by atoms with Gasteiger partial charge in [-0.25, -0.2) is 0 Å². The SMILES string of the molecule is Cc1cc2c(c(C(F)(F)F)c1)CN(c1cccc(C3(c4nncn4C)CC(C#N)C3)c1)C2=O. The van der Waals surface area contributed by atoms with E-state index in [9.17, 15) is 23.2 Å². The number of hydrogen-bond acceptors (Lipinski definition) is 4. The lowest BCUT2D eigenvalue weighted by Gasteiger charge is -2.44. The van der Waals surface area contributed by atoms with Crippen LogP contribution in [-0.4, -0.2) is 20.7 Å². The number of fused-ring (bicyclic) bond motifs is 1. The van der Waals surface area contributed by atoms with Crippen LogP contribution in [0.4, 0.5) is 18.9 Å².